The molecule has 1 aliphatic rings. The molecule has 1 aliphatic heterocycles. The topological polar surface area (TPSA) is 66.0 Å². The van der Waals surface area contributed by atoms with Crippen LogP contribution < -0.4 is 9.64 Å². The second-order valence-electron chi connectivity index (χ2n) is 9.62. The quantitative estimate of drug-likeness (QED) is 0.232. The van der Waals surface area contributed by atoms with E-state index in [1.54, 1.807) is 6.08 Å². The number of nitrogens with zero attached hydrogens (tertiary/aromatic N) is 4. The summed E-state index contributed by atoms with van der Waals surface area (Å²) in [4.78, 5) is 37.4. The lowest BCUT2D eigenvalue weighted by Crippen LogP contribution is -2.48. The van der Waals surface area contributed by atoms with Crippen molar-refractivity contribution in [2.45, 2.75) is 26.2 Å². The van der Waals surface area contributed by atoms with Gasteiger partial charge in [0.1, 0.15) is 11.5 Å². The zero-order valence-electron chi connectivity index (χ0n) is 22.4. The standard InChI is InChI=1S/C30H36N4O3S/c1-4-5-12-26(35)29-28(23-14-16-25(17-15-23)37-24-10-7-6-8-11-24)31-30(38-29)34-21-19-33(20-22-34)27(36)13-9-18-32(2)3/h6-11,13-17H,4-5,12,18-22H2,1-3H3/b13-9+. The van der Waals surface area contributed by atoms with Gasteiger partial charge in [0.2, 0.25) is 5.91 Å². The van der Waals surface area contributed by atoms with E-state index in [-0.39, 0.29) is 11.7 Å². The molecule has 0 aliphatic carbocycles. The molecule has 1 amide bonds. The number of amides is 1. The van der Waals surface area contributed by atoms with Crippen molar-refractivity contribution in [3.63, 3.8) is 0 Å². The number of Topliss-reactive ketones (excluding diaryl/α,β-unsaturated/α-hetero) is 1. The van der Waals surface area contributed by atoms with Crippen molar-refractivity contribution < 1.29 is 14.3 Å². The molecule has 8 heteroatoms. The zero-order chi connectivity index (χ0) is 26.9. The Hall–Kier alpha value is -3.49. The molecule has 1 aromatic heterocycles. The van der Waals surface area contributed by atoms with Crippen LogP contribution in [-0.4, -0.2) is 73.3 Å². The second kappa shape index (κ2) is 13.3. The average molecular weight is 533 g/mol. The first-order valence-corrected chi connectivity index (χ1v) is 14.0. The van der Waals surface area contributed by atoms with Crippen LogP contribution in [0, 0.1) is 0 Å². The van der Waals surface area contributed by atoms with Crippen LogP contribution in [0.25, 0.3) is 11.3 Å². The van der Waals surface area contributed by atoms with Gasteiger partial charge in [0.05, 0.1) is 10.6 Å². The highest BCUT2D eigenvalue weighted by Crippen LogP contribution is 2.36. The molecule has 4 rings (SSSR count). The van der Waals surface area contributed by atoms with E-state index in [4.69, 9.17) is 9.72 Å². The summed E-state index contributed by atoms with van der Waals surface area (Å²) in [6, 6.07) is 17.4. The molecule has 7 nitrogen and oxygen atoms in total. The predicted molar refractivity (Wildman–Crippen MR) is 154 cm³/mol. The monoisotopic (exact) mass is 532 g/mol. The minimum atomic E-state index is 0.0413. The lowest BCUT2D eigenvalue weighted by Gasteiger charge is -2.34. The van der Waals surface area contributed by atoms with Gasteiger partial charge < -0.3 is 19.4 Å². The first kappa shape index (κ1) is 27.5. The lowest BCUT2D eigenvalue weighted by atomic mass is 10.1. The summed E-state index contributed by atoms with van der Waals surface area (Å²) in [7, 11) is 3.95. The van der Waals surface area contributed by atoms with Crippen LogP contribution in [0.5, 0.6) is 11.5 Å². The number of unbranched alkanes of at least 4 members (excludes halogenated alkanes) is 1. The average Bonchev–Trinajstić information content (AvgIpc) is 3.38. The number of hydrogen-bond donors (Lipinski definition) is 0. The van der Waals surface area contributed by atoms with E-state index in [1.807, 2.05) is 84.6 Å². The summed E-state index contributed by atoms with van der Waals surface area (Å²) in [5.74, 6) is 1.68. The van der Waals surface area contributed by atoms with Crippen molar-refractivity contribution >= 4 is 28.2 Å². The molecule has 0 unspecified atom stereocenters. The zero-order valence-corrected chi connectivity index (χ0v) is 23.2. The van der Waals surface area contributed by atoms with E-state index >= 15 is 0 Å². The van der Waals surface area contributed by atoms with Crippen LogP contribution in [0.3, 0.4) is 0 Å². The fourth-order valence-corrected chi connectivity index (χ4v) is 5.28. The highest BCUT2D eigenvalue weighted by atomic mass is 32.1. The van der Waals surface area contributed by atoms with Gasteiger partial charge in [-0.15, -0.1) is 0 Å². The number of hydrogen-bond acceptors (Lipinski definition) is 7. The van der Waals surface area contributed by atoms with Gasteiger partial charge in [-0.3, -0.25) is 9.59 Å². The summed E-state index contributed by atoms with van der Waals surface area (Å²) < 4.78 is 5.93. The summed E-state index contributed by atoms with van der Waals surface area (Å²) in [5, 5.41) is 0.833. The van der Waals surface area contributed by atoms with E-state index in [0.29, 0.717) is 37.5 Å². The molecule has 0 saturated carbocycles. The normalized spacial score (nSPS) is 13.9. The Bertz CT molecular complexity index is 1230. The Balaban J connectivity index is 1.49. The van der Waals surface area contributed by atoms with Crippen molar-refractivity contribution in [1.82, 2.24) is 14.8 Å². The maximum absolute atomic E-state index is 13.2. The molecule has 38 heavy (non-hydrogen) atoms. The molecule has 0 spiro atoms. The maximum Gasteiger partial charge on any atom is 0.246 e. The largest absolute Gasteiger partial charge is 0.457 e. The third-order valence-corrected chi connectivity index (χ3v) is 7.48. The summed E-state index contributed by atoms with van der Waals surface area (Å²) >= 11 is 1.46. The summed E-state index contributed by atoms with van der Waals surface area (Å²) in [5.41, 5.74) is 1.62. The number of carbonyl (C=O) groups excluding carboxylic acids is 2. The number of anilines is 1. The Labute approximate surface area is 229 Å². The Morgan fingerprint density at radius 3 is 2.34 bits per heavy atom. The van der Waals surface area contributed by atoms with Crippen molar-refractivity contribution in [1.29, 1.82) is 0 Å². The van der Waals surface area contributed by atoms with Crippen LogP contribution in [0.15, 0.2) is 66.7 Å². The Morgan fingerprint density at radius 2 is 1.68 bits per heavy atom. The molecule has 1 saturated heterocycles. The predicted octanol–water partition coefficient (Wildman–Crippen LogP) is 5.74. The SMILES string of the molecule is CCCCC(=O)c1sc(N2CCN(C(=O)/C=C/CN(C)C)CC2)nc1-c1ccc(Oc2ccccc2)cc1. The van der Waals surface area contributed by atoms with E-state index in [2.05, 4.69) is 11.8 Å². The van der Waals surface area contributed by atoms with E-state index < -0.39 is 0 Å². The van der Waals surface area contributed by atoms with Gasteiger partial charge in [0.25, 0.3) is 0 Å². The van der Waals surface area contributed by atoms with Crippen molar-refractivity contribution in [2.75, 3.05) is 51.7 Å². The third kappa shape index (κ3) is 7.30. The van der Waals surface area contributed by atoms with Crippen molar-refractivity contribution in [3.05, 3.63) is 71.6 Å². The Morgan fingerprint density at radius 1 is 1.00 bits per heavy atom. The van der Waals surface area contributed by atoms with Gasteiger partial charge in [-0.25, -0.2) is 4.98 Å². The highest BCUT2D eigenvalue weighted by Gasteiger charge is 2.25. The highest BCUT2D eigenvalue weighted by molar-refractivity contribution is 7.18. The van der Waals surface area contributed by atoms with Gasteiger partial charge in [0.15, 0.2) is 10.9 Å². The second-order valence-corrected chi connectivity index (χ2v) is 10.6. The molecule has 0 radical (unpaired) electrons. The number of carbonyl (C=O) groups is 2. The van der Waals surface area contributed by atoms with E-state index in [9.17, 15) is 9.59 Å². The van der Waals surface area contributed by atoms with E-state index in [1.165, 1.54) is 11.3 Å². The minimum absolute atomic E-state index is 0.0413. The van der Waals surface area contributed by atoms with Gasteiger partial charge >= 0.3 is 0 Å². The van der Waals surface area contributed by atoms with E-state index in [0.717, 1.165) is 47.3 Å². The van der Waals surface area contributed by atoms with Gasteiger partial charge in [0, 0.05) is 50.8 Å². The molecule has 0 bridgehead atoms. The number of ketones is 1. The van der Waals surface area contributed by atoms with Crippen LogP contribution in [-0.2, 0) is 4.79 Å². The molecular formula is C30H36N4O3S. The number of ether oxygens (including phenoxy) is 1. The lowest BCUT2D eigenvalue weighted by molar-refractivity contribution is -0.126. The number of piperazine rings is 1. The molecule has 0 N–H and O–H groups in total. The number of para-hydroxylation sites is 1. The molecular weight excluding hydrogens is 496 g/mol. The van der Waals surface area contributed by atoms with Gasteiger partial charge in [-0.05, 0) is 56.9 Å². The first-order chi connectivity index (χ1) is 18.4. The molecule has 2 aromatic carbocycles. The first-order valence-electron chi connectivity index (χ1n) is 13.2. The number of likely N-dealkylation sites (N-methyl/N-ethyl adjacent to an activating group) is 1. The van der Waals surface area contributed by atoms with Crippen LogP contribution in [0.4, 0.5) is 5.13 Å². The van der Waals surface area contributed by atoms with Gasteiger partial charge in [-0.2, -0.15) is 0 Å². The van der Waals surface area contributed by atoms with Crippen LogP contribution in [0.1, 0.15) is 35.9 Å². The van der Waals surface area contributed by atoms with Crippen molar-refractivity contribution in [3.8, 4) is 22.8 Å². The molecule has 200 valence electrons. The summed E-state index contributed by atoms with van der Waals surface area (Å²) in [6.45, 7) is 5.46. The molecule has 0 atom stereocenters. The fraction of sp³-hybridized carbons (Fsp3) is 0.367. The number of aromatic nitrogens is 1. The minimum Gasteiger partial charge on any atom is -0.457 e. The van der Waals surface area contributed by atoms with Crippen LogP contribution in [0.2, 0.25) is 0 Å². The van der Waals surface area contributed by atoms with Crippen molar-refractivity contribution in [2.24, 2.45) is 0 Å². The number of rotatable bonds is 11. The Kier molecular flexibility index (Phi) is 9.67. The number of benzene rings is 2. The summed E-state index contributed by atoms with van der Waals surface area (Å²) in [6.07, 6.45) is 5.90. The third-order valence-electron chi connectivity index (χ3n) is 6.33. The number of thiazole rings is 1. The van der Waals surface area contributed by atoms with Gasteiger partial charge in [-0.1, -0.05) is 49.0 Å². The molecule has 3 aromatic rings. The molecule has 2 heterocycles. The van der Waals surface area contributed by atoms with Crippen LogP contribution >= 0.6 is 11.3 Å². The fourth-order valence-electron chi connectivity index (χ4n) is 4.17. The maximum atomic E-state index is 13.2. The molecule has 1 fully saturated rings. The smallest absolute Gasteiger partial charge is 0.246 e.